The number of aromatic nitrogens is 1. The Morgan fingerprint density at radius 1 is 1.27 bits per heavy atom. The average Bonchev–Trinajstić information content (AvgIpc) is 2.30. The number of hydrogen-bond acceptors (Lipinski definition) is 3. The summed E-state index contributed by atoms with van der Waals surface area (Å²) in [4.78, 5) is 4.43. The highest BCUT2D eigenvalue weighted by Gasteiger charge is 2.03. The molecule has 15 heavy (non-hydrogen) atoms. The summed E-state index contributed by atoms with van der Waals surface area (Å²) in [6.45, 7) is 1.94. The van der Waals surface area contributed by atoms with Crippen molar-refractivity contribution in [3.63, 3.8) is 0 Å². The summed E-state index contributed by atoms with van der Waals surface area (Å²) in [7, 11) is 0. The van der Waals surface area contributed by atoms with Crippen molar-refractivity contribution >= 4 is 16.6 Å². The smallest absolute Gasteiger partial charge is 0.105 e. The Labute approximate surface area is 88.1 Å². The van der Waals surface area contributed by atoms with Crippen molar-refractivity contribution in [3.8, 4) is 0 Å². The van der Waals surface area contributed by atoms with Crippen LogP contribution in [0.15, 0.2) is 41.6 Å². The maximum absolute atomic E-state index is 8.80. The van der Waals surface area contributed by atoms with Crippen LogP contribution in [0.4, 0.5) is 0 Å². The van der Waals surface area contributed by atoms with E-state index in [9.17, 15) is 0 Å². The molecule has 0 amide bonds. The van der Waals surface area contributed by atoms with Crippen LogP contribution >= 0.6 is 0 Å². The minimum absolute atomic E-state index is 0.612. The summed E-state index contributed by atoms with van der Waals surface area (Å²) in [6.07, 6.45) is 0.668. The predicted octanol–water partition coefficient (Wildman–Crippen LogP) is 2.82. The number of para-hydroxylation sites is 1. The van der Waals surface area contributed by atoms with E-state index in [2.05, 4.69) is 10.1 Å². The highest BCUT2D eigenvalue weighted by Crippen LogP contribution is 2.12. The molecule has 1 N–H and O–H groups in total. The van der Waals surface area contributed by atoms with Crippen LogP contribution < -0.4 is 0 Å². The zero-order valence-corrected chi connectivity index (χ0v) is 8.51. The van der Waals surface area contributed by atoms with Crippen molar-refractivity contribution in [1.29, 1.82) is 0 Å². The van der Waals surface area contributed by atoms with Crippen LogP contribution in [0.25, 0.3) is 10.9 Å². The molecule has 0 aliphatic heterocycles. The third-order valence-corrected chi connectivity index (χ3v) is 2.35. The van der Waals surface area contributed by atoms with Gasteiger partial charge in [-0.05, 0) is 18.6 Å². The fraction of sp³-hybridized carbons (Fsp3) is 0.167. The third kappa shape index (κ3) is 1.81. The first-order valence-corrected chi connectivity index (χ1v) is 4.92. The number of fused-ring (bicyclic) bond motifs is 1. The van der Waals surface area contributed by atoms with Crippen LogP contribution in [-0.4, -0.2) is 15.9 Å². The number of oxime groups is 1. The van der Waals surface area contributed by atoms with Crippen LogP contribution in [0, 0.1) is 0 Å². The van der Waals surface area contributed by atoms with Crippen molar-refractivity contribution in [2.45, 2.75) is 13.3 Å². The number of rotatable bonds is 2. The SMILES string of the molecule is CCC(=NO)c1ccc2ccccc2n1. The molecule has 0 saturated carbocycles. The van der Waals surface area contributed by atoms with E-state index >= 15 is 0 Å². The van der Waals surface area contributed by atoms with Gasteiger partial charge in [0.2, 0.25) is 0 Å². The molecule has 0 aliphatic carbocycles. The molecule has 0 aliphatic rings. The lowest BCUT2D eigenvalue weighted by molar-refractivity contribution is 0.318. The van der Waals surface area contributed by atoms with Crippen molar-refractivity contribution in [2.75, 3.05) is 0 Å². The van der Waals surface area contributed by atoms with E-state index in [1.807, 2.05) is 43.3 Å². The van der Waals surface area contributed by atoms with Gasteiger partial charge in [-0.25, -0.2) is 4.98 Å². The van der Waals surface area contributed by atoms with Crippen LogP contribution in [0.5, 0.6) is 0 Å². The third-order valence-electron chi connectivity index (χ3n) is 2.35. The van der Waals surface area contributed by atoms with Crippen LogP contribution in [-0.2, 0) is 0 Å². The number of hydrogen-bond donors (Lipinski definition) is 1. The predicted molar refractivity (Wildman–Crippen MR) is 60.4 cm³/mol. The fourth-order valence-corrected chi connectivity index (χ4v) is 1.53. The van der Waals surface area contributed by atoms with E-state index < -0.39 is 0 Å². The summed E-state index contributed by atoms with van der Waals surface area (Å²) >= 11 is 0. The molecule has 76 valence electrons. The van der Waals surface area contributed by atoms with E-state index in [1.54, 1.807) is 0 Å². The molecule has 0 atom stereocenters. The lowest BCUT2D eigenvalue weighted by Crippen LogP contribution is -2.01. The molecule has 0 saturated heterocycles. The van der Waals surface area contributed by atoms with Crippen LogP contribution in [0.3, 0.4) is 0 Å². The summed E-state index contributed by atoms with van der Waals surface area (Å²) in [5.41, 5.74) is 2.27. The topological polar surface area (TPSA) is 45.5 Å². The Morgan fingerprint density at radius 2 is 2.07 bits per heavy atom. The maximum Gasteiger partial charge on any atom is 0.105 e. The molecule has 2 rings (SSSR count). The number of nitrogens with zero attached hydrogens (tertiary/aromatic N) is 2. The van der Waals surface area contributed by atoms with Crippen molar-refractivity contribution in [1.82, 2.24) is 4.98 Å². The van der Waals surface area contributed by atoms with Gasteiger partial charge in [-0.15, -0.1) is 0 Å². The van der Waals surface area contributed by atoms with E-state index in [1.165, 1.54) is 0 Å². The van der Waals surface area contributed by atoms with E-state index in [0.717, 1.165) is 16.6 Å². The van der Waals surface area contributed by atoms with E-state index in [-0.39, 0.29) is 0 Å². The Balaban J connectivity index is 2.56. The highest BCUT2D eigenvalue weighted by atomic mass is 16.4. The molecule has 0 spiro atoms. The summed E-state index contributed by atoms with van der Waals surface area (Å²) in [5, 5.41) is 13.1. The molecule has 2 aromatic rings. The standard InChI is InChI=1S/C12H12N2O/c1-2-10(14-15)12-8-7-9-5-3-4-6-11(9)13-12/h3-8,15H,2H2,1H3. The van der Waals surface area contributed by atoms with Crippen molar-refractivity contribution in [2.24, 2.45) is 5.16 Å². The average molecular weight is 200 g/mol. The lowest BCUT2D eigenvalue weighted by Gasteiger charge is -2.02. The van der Waals surface area contributed by atoms with Gasteiger partial charge in [0.05, 0.1) is 11.2 Å². The number of benzene rings is 1. The Bertz CT molecular complexity index is 506. The van der Waals surface area contributed by atoms with Gasteiger partial charge < -0.3 is 5.21 Å². The molecular formula is C12H12N2O. The van der Waals surface area contributed by atoms with Gasteiger partial charge in [-0.3, -0.25) is 0 Å². The molecule has 1 heterocycles. The summed E-state index contributed by atoms with van der Waals surface area (Å²) in [5.74, 6) is 0. The number of pyridine rings is 1. The van der Waals surface area contributed by atoms with Crippen LogP contribution in [0.2, 0.25) is 0 Å². The van der Waals surface area contributed by atoms with Gasteiger partial charge in [0, 0.05) is 5.39 Å². The van der Waals surface area contributed by atoms with Gasteiger partial charge >= 0.3 is 0 Å². The normalized spacial score (nSPS) is 11.9. The van der Waals surface area contributed by atoms with Crippen molar-refractivity contribution in [3.05, 3.63) is 42.1 Å². The summed E-state index contributed by atoms with van der Waals surface area (Å²) < 4.78 is 0. The molecule has 0 fully saturated rings. The fourth-order valence-electron chi connectivity index (χ4n) is 1.53. The van der Waals surface area contributed by atoms with E-state index in [0.29, 0.717) is 12.1 Å². The van der Waals surface area contributed by atoms with Gasteiger partial charge in [0.25, 0.3) is 0 Å². The first kappa shape index (κ1) is 9.65. The second kappa shape index (κ2) is 4.09. The molecule has 0 unspecified atom stereocenters. The molecule has 3 nitrogen and oxygen atoms in total. The van der Waals surface area contributed by atoms with E-state index in [4.69, 9.17) is 5.21 Å². The quantitative estimate of drug-likeness (QED) is 0.460. The molecule has 1 aromatic carbocycles. The van der Waals surface area contributed by atoms with Gasteiger partial charge in [-0.2, -0.15) is 0 Å². The van der Waals surface area contributed by atoms with Gasteiger partial charge in [0.15, 0.2) is 0 Å². The molecular weight excluding hydrogens is 188 g/mol. The highest BCUT2D eigenvalue weighted by molar-refractivity contribution is 5.99. The largest absolute Gasteiger partial charge is 0.411 e. The second-order valence-corrected chi connectivity index (χ2v) is 3.29. The first-order valence-electron chi connectivity index (χ1n) is 4.92. The Kier molecular flexibility index (Phi) is 2.63. The first-order chi connectivity index (χ1) is 7.35. The zero-order chi connectivity index (χ0) is 10.7. The minimum atomic E-state index is 0.612. The second-order valence-electron chi connectivity index (χ2n) is 3.29. The molecule has 1 aromatic heterocycles. The van der Waals surface area contributed by atoms with Gasteiger partial charge in [0.1, 0.15) is 5.71 Å². The minimum Gasteiger partial charge on any atom is -0.411 e. The monoisotopic (exact) mass is 200 g/mol. The summed E-state index contributed by atoms with van der Waals surface area (Å²) in [6, 6.07) is 11.7. The Morgan fingerprint density at radius 3 is 2.80 bits per heavy atom. The van der Waals surface area contributed by atoms with Crippen molar-refractivity contribution < 1.29 is 5.21 Å². The zero-order valence-electron chi connectivity index (χ0n) is 8.51. The Hall–Kier alpha value is -1.90. The lowest BCUT2D eigenvalue weighted by atomic mass is 10.1. The molecule has 0 radical (unpaired) electrons. The maximum atomic E-state index is 8.80. The molecule has 0 bridgehead atoms. The molecule has 3 heteroatoms. The van der Waals surface area contributed by atoms with Gasteiger partial charge in [-0.1, -0.05) is 36.3 Å². The van der Waals surface area contributed by atoms with Crippen LogP contribution in [0.1, 0.15) is 19.0 Å².